The number of benzene rings is 2. The number of hydrogen-bond acceptors (Lipinski definition) is 7. The average Bonchev–Trinajstić information content (AvgIpc) is 3.61. The third-order valence-corrected chi connectivity index (χ3v) is 8.17. The maximum atomic E-state index is 13.5. The van der Waals surface area contributed by atoms with Gasteiger partial charge in [-0.05, 0) is 66.2 Å². The Morgan fingerprint density at radius 2 is 1.68 bits per heavy atom. The maximum Gasteiger partial charge on any atom is 0.329 e. The first kappa shape index (κ1) is 29.4. The number of halogens is 3. The van der Waals surface area contributed by atoms with Gasteiger partial charge in [-0.25, -0.2) is 13.8 Å². The molecule has 2 amide bonds. The summed E-state index contributed by atoms with van der Waals surface area (Å²) in [5.74, 6) is -0.902. The van der Waals surface area contributed by atoms with E-state index in [9.17, 15) is 18.0 Å². The Morgan fingerprint density at radius 1 is 0.900 bits per heavy atom. The van der Waals surface area contributed by atoms with E-state index < -0.39 is 21.8 Å². The molecule has 2 heterocycles. The van der Waals surface area contributed by atoms with Gasteiger partial charge < -0.3 is 14.2 Å². The molecule has 10 nitrogen and oxygen atoms in total. The molecular formula is C26H21Cl3N4O6S. The van der Waals surface area contributed by atoms with E-state index in [-0.39, 0.29) is 35.3 Å². The number of carbonyl (C=O) groups is 2. The lowest BCUT2D eigenvalue weighted by molar-refractivity contribution is -0.139. The van der Waals surface area contributed by atoms with Crippen molar-refractivity contribution in [1.29, 1.82) is 0 Å². The van der Waals surface area contributed by atoms with Crippen LogP contribution in [0.5, 0.6) is 0 Å². The number of furan rings is 2. The van der Waals surface area contributed by atoms with Crippen LogP contribution >= 0.6 is 34.8 Å². The van der Waals surface area contributed by atoms with E-state index in [2.05, 4.69) is 15.8 Å². The largest absolute Gasteiger partial charge is 0.467 e. The first-order valence-corrected chi connectivity index (χ1v) is 14.1. The summed E-state index contributed by atoms with van der Waals surface area (Å²) in [6, 6.07) is 17.0. The highest BCUT2D eigenvalue weighted by Crippen LogP contribution is 2.27. The fourth-order valence-corrected chi connectivity index (χ4v) is 5.25. The van der Waals surface area contributed by atoms with Gasteiger partial charge in [-0.2, -0.15) is 9.41 Å². The molecule has 4 aromatic rings. The third kappa shape index (κ3) is 7.74. The fourth-order valence-electron chi connectivity index (χ4n) is 3.41. The SMILES string of the molecule is O=C(NCc1ccco1)C(=O)N/N=C/c1ccc(CN(Cc2ccc(Cl)c(Cl)c2)S(=O)(=O)c2ccc(Cl)cc2)o1. The van der Waals surface area contributed by atoms with Crippen molar-refractivity contribution in [2.75, 3.05) is 0 Å². The number of rotatable bonds is 10. The predicted molar refractivity (Wildman–Crippen MR) is 149 cm³/mol. The van der Waals surface area contributed by atoms with E-state index in [0.717, 1.165) is 0 Å². The normalized spacial score (nSPS) is 11.7. The van der Waals surface area contributed by atoms with Gasteiger partial charge in [0.1, 0.15) is 17.3 Å². The molecule has 0 unspecified atom stereocenters. The molecular weight excluding hydrogens is 603 g/mol. The van der Waals surface area contributed by atoms with Crippen LogP contribution in [0, 0.1) is 0 Å². The molecule has 0 atom stereocenters. The van der Waals surface area contributed by atoms with Gasteiger partial charge in [0, 0.05) is 11.6 Å². The molecule has 2 aromatic heterocycles. The van der Waals surface area contributed by atoms with Crippen LogP contribution in [-0.2, 0) is 39.2 Å². The second-order valence-corrected chi connectivity index (χ2v) is 11.4. The lowest BCUT2D eigenvalue weighted by Crippen LogP contribution is -2.37. The van der Waals surface area contributed by atoms with Crippen molar-refractivity contribution in [3.63, 3.8) is 0 Å². The summed E-state index contributed by atoms with van der Waals surface area (Å²) in [4.78, 5) is 23.8. The third-order valence-electron chi connectivity index (χ3n) is 5.38. The Kier molecular flexibility index (Phi) is 9.67. The molecule has 0 bridgehead atoms. The second-order valence-electron chi connectivity index (χ2n) is 8.24. The molecule has 40 heavy (non-hydrogen) atoms. The van der Waals surface area contributed by atoms with Crippen molar-refractivity contribution < 1.29 is 26.8 Å². The summed E-state index contributed by atoms with van der Waals surface area (Å²) in [5, 5.41) is 7.13. The molecule has 0 spiro atoms. The standard InChI is InChI=1S/C26H21Cl3N4O6S/c27-18-4-8-22(9-5-18)40(36,37)33(15-17-3-10-23(28)24(29)12-17)16-21-7-6-20(39-21)14-31-32-26(35)25(34)30-13-19-2-1-11-38-19/h1-12,14H,13,15-16H2,(H,30,34)(H,32,35)/b31-14+. The average molecular weight is 624 g/mol. The molecule has 4 rings (SSSR count). The second kappa shape index (κ2) is 13.2. The van der Waals surface area contributed by atoms with Crippen molar-refractivity contribution in [2.24, 2.45) is 5.10 Å². The fraction of sp³-hybridized carbons (Fsp3) is 0.115. The van der Waals surface area contributed by atoms with Gasteiger partial charge in [0.15, 0.2) is 0 Å². The Labute approximate surface area is 244 Å². The first-order valence-electron chi connectivity index (χ1n) is 11.5. The lowest BCUT2D eigenvalue weighted by atomic mass is 10.2. The zero-order valence-corrected chi connectivity index (χ0v) is 23.6. The van der Waals surface area contributed by atoms with Crippen LogP contribution in [0.4, 0.5) is 0 Å². The summed E-state index contributed by atoms with van der Waals surface area (Å²) in [5.41, 5.74) is 2.70. The van der Waals surface area contributed by atoms with Crippen LogP contribution in [0.25, 0.3) is 0 Å². The van der Waals surface area contributed by atoms with E-state index in [1.54, 1.807) is 36.4 Å². The van der Waals surface area contributed by atoms with Crippen LogP contribution in [0.15, 0.2) is 91.8 Å². The van der Waals surface area contributed by atoms with Crippen molar-refractivity contribution in [3.05, 3.63) is 111 Å². The minimum Gasteiger partial charge on any atom is -0.467 e. The van der Waals surface area contributed by atoms with E-state index in [1.165, 1.54) is 47.1 Å². The maximum absolute atomic E-state index is 13.5. The van der Waals surface area contributed by atoms with Crippen molar-refractivity contribution in [2.45, 2.75) is 24.5 Å². The van der Waals surface area contributed by atoms with Crippen LogP contribution in [0.2, 0.25) is 15.1 Å². The summed E-state index contributed by atoms with van der Waals surface area (Å²) < 4.78 is 39.0. The number of sulfonamides is 1. The van der Waals surface area contributed by atoms with Crippen LogP contribution in [0.1, 0.15) is 22.8 Å². The highest BCUT2D eigenvalue weighted by molar-refractivity contribution is 7.89. The highest BCUT2D eigenvalue weighted by Gasteiger charge is 2.26. The van der Waals surface area contributed by atoms with E-state index in [0.29, 0.717) is 27.1 Å². The molecule has 0 aliphatic carbocycles. The van der Waals surface area contributed by atoms with Gasteiger partial charge >= 0.3 is 11.8 Å². The zero-order chi connectivity index (χ0) is 28.7. The number of amides is 2. The van der Waals surface area contributed by atoms with Crippen LogP contribution in [-0.4, -0.2) is 30.8 Å². The highest BCUT2D eigenvalue weighted by atomic mass is 35.5. The summed E-state index contributed by atoms with van der Waals surface area (Å²) >= 11 is 18.1. The molecule has 0 aliphatic heterocycles. The van der Waals surface area contributed by atoms with Gasteiger partial charge in [-0.15, -0.1) is 0 Å². The molecule has 2 N–H and O–H groups in total. The Morgan fingerprint density at radius 3 is 2.38 bits per heavy atom. The minimum atomic E-state index is -3.99. The number of hydrogen-bond donors (Lipinski definition) is 2. The number of nitrogens with zero attached hydrogens (tertiary/aromatic N) is 2. The van der Waals surface area contributed by atoms with Crippen molar-refractivity contribution in [1.82, 2.24) is 15.0 Å². The van der Waals surface area contributed by atoms with E-state index in [1.807, 2.05) is 0 Å². The molecule has 0 saturated heterocycles. The number of nitrogens with one attached hydrogen (secondary N) is 2. The predicted octanol–water partition coefficient (Wildman–Crippen LogP) is 4.99. The minimum absolute atomic E-state index is 0.0326. The molecule has 2 aromatic carbocycles. The van der Waals surface area contributed by atoms with Crippen LogP contribution < -0.4 is 10.7 Å². The molecule has 14 heteroatoms. The number of hydrazone groups is 1. The Hall–Kier alpha value is -3.61. The molecule has 208 valence electrons. The molecule has 0 fully saturated rings. The van der Waals surface area contributed by atoms with Gasteiger partial charge in [-0.3, -0.25) is 9.59 Å². The van der Waals surface area contributed by atoms with Crippen molar-refractivity contribution >= 4 is 62.9 Å². The first-order chi connectivity index (χ1) is 19.1. The summed E-state index contributed by atoms with van der Waals surface area (Å²) in [7, 11) is -3.99. The summed E-state index contributed by atoms with van der Waals surface area (Å²) in [6.45, 7) is -0.127. The van der Waals surface area contributed by atoms with Gasteiger partial charge in [0.05, 0.1) is 40.5 Å². The molecule has 0 radical (unpaired) electrons. The topological polar surface area (TPSA) is 134 Å². The Balaban J connectivity index is 1.44. The molecule has 0 aliphatic rings. The van der Waals surface area contributed by atoms with Crippen LogP contribution in [0.3, 0.4) is 0 Å². The smallest absolute Gasteiger partial charge is 0.329 e. The van der Waals surface area contributed by atoms with E-state index >= 15 is 0 Å². The Bertz CT molecular complexity index is 1620. The molecule has 0 saturated carbocycles. The number of carbonyl (C=O) groups excluding carboxylic acids is 2. The van der Waals surface area contributed by atoms with E-state index in [4.69, 9.17) is 43.6 Å². The van der Waals surface area contributed by atoms with Crippen molar-refractivity contribution in [3.8, 4) is 0 Å². The monoisotopic (exact) mass is 622 g/mol. The quantitative estimate of drug-likeness (QED) is 0.145. The lowest BCUT2D eigenvalue weighted by Gasteiger charge is -2.22. The van der Waals surface area contributed by atoms with Gasteiger partial charge in [0.2, 0.25) is 10.0 Å². The zero-order valence-electron chi connectivity index (χ0n) is 20.5. The van der Waals surface area contributed by atoms with Gasteiger partial charge in [-0.1, -0.05) is 40.9 Å². The summed E-state index contributed by atoms with van der Waals surface area (Å²) in [6.07, 6.45) is 2.63. The van der Waals surface area contributed by atoms with Gasteiger partial charge in [0.25, 0.3) is 0 Å².